The molecule has 144 valence electrons. The number of ether oxygens (including phenoxy) is 1. The van der Waals surface area contributed by atoms with E-state index in [9.17, 15) is 9.18 Å². The highest BCUT2D eigenvalue weighted by molar-refractivity contribution is 9.10. The highest BCUT2D eigenvalue weighted by Crippen LogP contribution is 2.36. The second kappa shape index (κ2) is 7.71. The molecule has 1 atom stereocenters. The number of carbonyl (C=O) groups is 1. The van der Waals surface area contributed by atoms with Crippen molar-refractivity contribution in [2.24, 2.45) is 0 Å². The summed E-state index contributed by atoms with van der Waals surface area (Å²) in [6.45, 7) is 2.85. The normalized spacial score (nSPS) is 16.6. The van der Waals surface area contributed by atoms with Gasteiger partial charge in [-0.3, -0.25) is 4.79 Å². The van der Waals surface area contributed by atoms with Crippen LogP contribution in [-0.2, 0) is 4.79 Å². The van der Waals surface area contributed by atoms with E-state index in [0.717, 1.165) is 5.69 Å². The molecule has 0 N–H and O–H groups in total. The van der Waals surface area contributed by atoms with Crippen LogP contribution in [0.4, 0.5) is 10.1 Å². The molecule has 2 heterocycles. The molecule has 28 heavy (non-hydrogen) atoms. The number of aromatic nitrogens is 2. The highest BCUT2D eigenvalue weighted by Gasteiger charge is 2.36. The van der Waals surface area contributed by atoms with Gasteiger partial charge in [-0.1, -0.05) is 17.3 Å². The number of nitrogens with zero attached hydrogens (tertiary/aromatic N) is 3. The van der Waals surface area contributed by atoms with Gasteiger partial charge in [-0.2, -0.15) is 4.98 Å². The molecule has 1 unspecified atom stereocenters. The molecule has 1 aromatic heterocycles. The van der Waals surface area contributed by atoms with Crippen molar-refractivity contribution >= 4 is 27.5 Å². The first kappa shape index (κ1) is 18.6. The molecule has 1 amide bonds. The molecule has 1 saturated heterocycles. The first-order valence-electron chi connectivity index (χ1n) is 8.88. The van der Waals surface area contributed by atoms with E-state index >= 15 is 0 Å². The topological polar surface area (TPSA) is 68.5 Å². The fourth-order valence-electron chi connectivity index (χ4n) is 3.22. The van der Waals surface area contributed by atoms with Crippen LogP contribution in [0, 0.1) is 5.82 Å². The summed E-state index contributed by atoms with van der Waals surface area (Å²) in [5, 5.41) is 3.99. The Morgan fingerprint density at radius 3 is 2.93 bits per heavy atom. The lowest BCUT2D eigenvalue weighted by Crippen LogP contribution is -2.25. The van der Waals surface area contributed by atoms with Crippen molar-refractivity contribution in [2.45, 2.75) is 19.3 Å². The van der Waals surface area contributed by atoms with E-state index in [1.165, 1.54) is 6.07 Å². The molecule has 0 aliphatic carbocycles. The molecule has 3 aromatic rings. The van der Waals surface area contributed by atoms with Gasteiger partial charge in [0.25, 0.3) is 0 Å². The minimum absolute atomic E-state index is 0.0265. The van der Waals surface area contributed by atoms with Gasteiger partial charge >= 0.3 is 0 Å². The Bertz CT molecular complexity index is 1020. The van der Waals surface area contributed by atoms with Gasteiger partial charge in [0.1, 0.15) is 11.6 Å². The van der Waals surface area contributed by atoms with Crippen LogP contribution >= 0.6 is 15.9 Å². The molecule has 8 heteroatoms. The number of amides is 1. The number of rotatable bonds is 5. The van der Waals surface area contributed by atoms with Crippen LogP contribution in [0.3, 0.4) is 0 Å². The van der Waals surface area contributed by atoms with Crippen molar-refractivity contribution in [3.8, 4) is 17.1 Å². The van der Waals surface area contributed by atoms with Crippen LogP contribution in [0.1, 0.15) is 25.2 Å². The van der Waals surface area contributed by atoms with Gasteiger partial charge in [0.05, 0.1) is 22.7 Å². The van der Waals surface area contributed by atoms with Gasteiger partial charge in [0.2, 0.25) is 17.6 Å². The smallest absolute Gasteiger partial charge is 0.232 e. The highest BCUT2D eigenvalue weighted by atomic mass is 79.9. The van der Waals surface area contributed by atoms with Crippen molar-refractivity contribution in [2.75, 3.05) is 18.1 Å². The lowest BCUT2D eigenvalue weighted by molar-refractivity contribution is -0.117. The summed E-state index contributed by atoms with van der Waals surface area (Å²) in [5.74, 6) is 0.809. The molecule has 0 spiro atoms. The van der Waals surface area contributed by atoms with E-state index < -0.39 is 0 Å². The molecule has 0 radical (unpaired) electrons. The Morgan fingerprint density at radius 1 is 1.32 bits per heavy atom. The third-order valence-electron chi connectivity index (χ3n) is 4.55. The SMILES string of the molecule is CCOc1ccccc1N1CC(c2nc(-c3ccc(F)c(Br)c3)no2)CC1=O. The van der Waals surface area contributed by atoms with Crippen LogP contribution in [0.2, 0.25) is 0 Å². The third kappa shape index (κ3) is 3.52. The van der Waals surface area contributed by atoms with E-state index in [1.54, 1.807) is 17.0 Å². The summed E-state index contributed by atoms with van der Waals surface area (Å²) in [7, 11) is 0. The number of benzene rings is 2. The lowest BCUT2D eigenvalue weighted by atomic mass is 10.1. The quantitative estimate of drug-likeness (QED) is 0.575. The number of halogens is 2. The number of para-hydroxylation sites is 2. The van der Waals surface area contributed by atoms with Crippen molar-refractivity contribution in [3.05, 3.63) is 58.6 Å². The lowest BCUT2D eigenvalue weighted by Gasteiger charge is -2.19. The average molecular weight is 446 g/mol. The maximum atomic E-state index is 13.4. The standard InChI is InChI=1S/C20H17BrFN3O3/c1-2-27-17-6-4-3-5-16(17)25-11-13(10-18(25)26)20-23-19(24-28-20)12-7-8-15(22)14(21)9-12/h3-9,13H,2,10-11H2,1H3. The van der Waals surface area contributed by atoms with Crippen molar-refractivity contribution in [3.63, 3.8) is 0 Å². The molecule has 1 fully saturated rings. The van der Waals surface area contributed by atoms with Gasteiger partial charge in [-0.25, -0.2) is 4.39 Å². The number of carbonyl (C=O) groups excluding carboxylic acids is 1. The van der Waals surface area contributed by atoms with Crippen LogP contribution in [0.5, 0.6) is 5.75 Å². The summed E-state index contributed by atoms with van der Waals surface area (Å²) in [5.41, 5.74) is 1.37. The predicted molar refractivity (Wildman–Crippen MR) is 105 cm³/mol. The number of hydrogen-bond donors (Lipinski definition) is 0. The largest absolute Gasteiger partial charge is 0.492 e. The summed E-state index contributed by atoms with van der Waals surface area (Å²) in [4.78, 5) is 18.7. The Morgan fingerprint density at radius 2 is 2.14 bits per heavy atom. The molecule has 0 bridgehead atoms. The molecular weight excluding hydrogens is 429 g/mol. The number of anilines is 1. The van der Waals surface area contributed by atoms with E-state index in [0.29, 0.717) is 40.7 Å². The second-order valence-corrected chi connectivity index (χ2v) is 7.25. The zero-order valence-electron chi connectivity index (χ0n) is 15.1. The Kier molecular flexibility index (Phi) is 5.13. The summed E-state index contributed by atoms with van der Waals surface area (Å²) < 4.78 is 24.8. The predicted octanol–water partition coefficient (Wildman–Crippen LogP) is 4.56. The first-order valence-corrected chi connectivity index (χ1v) is 9.67. The van der Waals surface area contributed by atoms with E-state index in [1.807, 2.05) is 31.2 Å². The van der Waals surface area contributed by atoms with E-state index in [2.05, 4.69) is 26.1 Å². The molecule has 0 saturated carbocycles. The molecule has 1 aliphatic heterocycles. The first-order chi connectivity index (χ1) is 13.6. The van der Waals surface area contributed by atoms with Gasteiger partial charge in [-0.05, 0) is 53.2 Å². The third-order valence-corrected chi connectivity index (χ3v) is 5.16. The Hall–Kier alpha value is -2.74. The average Bonchev–Trinajstić information content (AvgIpc) is 3.32. The maximum absolute atomic E-state index is 13.4. The fourth-order valence-corrected chi connectivity index (χ4v) is 3.60. The fraction of sp³-hybridized carbons (Fsp3) is 0.250. The molecule has 6 nitrogen and oxygen atoms in total. The minimum atomic E-state index is -0.363. The summed E-state index contributed by atoms with van der Waals surface area (Å²) >= 11 is 3.15. The van der Waals surface area contributed by atoms with Crippen LogP contribution in [-0.4, -0.2) is 29.2 Å². The Balaban J connectivity index is 1.57. The minimum Gasteiger partial charge on any atom is -0.492 e. The van der Waals surface area contributed by atoms with Gasteiger partial charge < -0.3 is 14.2 Å². The monoisotopic (exact) mass is 445 g/mol. The van der Waals surface area contributed by atoms with E-state index in [-0.39, 0.29) is 24.1 Å². The molecule has 2 aromatic carbocycles. The maximum Gasteiger partial charge on any atom is 0.232 e. The van der Waals surface area contributed by atoms with Crippen molar-refractivity contribution in [1.29, 1.82) is 0 Å². The van der Waals surface area contributed by atoms with Gasteiger partial charge in [0, 0.05) is 18.5 Å². The molecular formula is C20H17BrFN3O3. The molecule has 4 rings (SSSR count). The van der Waals surface area contributed by atoms with E-state index in [4.69, 9.17) is 9.26 Å². The van der Waals surface area contributed by atoms with Gasteiger partial charge in [-0.15, -0.1) is 0 Å². The molecule has 1 aliphatic rings. The summed E-state index contributed by atoms with van der Waals surface area (Å²) in [6, 6.07) is 12.0. The Labute approximate surface area is 169 Å². The van der Waals surface area contributed by atoms with Crippen LogP contribution < -0.4 is 9.64 Å². The zero-order chi connectivity index (χ0) is 19.7. The van der Waals surface area contributed by atoms with Crippen LogP contribution in [0.15, 0.2) is 51.5 Å². The van der Waals surface area contributed by atoms with Crippen LogP contribution in [0.25, 0.3) is 11.4 Å². The van der Waals surface area contributed by atoms with Crippen molar-refractivity contribution in [1.82, 2.24) is 10.1 Å². The number of hydrogen-bond acceptors (Lipinski definition) is 5. The van der Waals surface area contributed by atoms with Crippen molar-refractivity contribution < 1.29 is 18.4 Å². The second-order valence-electron chi connectivity index (χ2n) is 6.39. The van der Waals surface area contributed by atoms with Gasteiger partial charge in [0.15, 0.2) is 0 Å². The zero-order valence-corrected chi connectivity index (χ0v) is 16.6. The summed E-state index contributed by atoms with van der Waals surface area (Å²) in [6.07, 6.45) is 0.273.